The number of aromatic nitrogens is 2. The molecule has 0 aliphatic carbocycles. The Labute approximate surface area is 156 Å². The van der Waals surface area contributed by atoms with E-state index in [1.165, 1.54) is 4.68 Å². The molecule has 0 fully saturated rings. The summed E-state index contributed by atoms with van der Waals surface area (Å²) in [7, 11) is 3.32. The van der Waals surface area contributed by atoms with E-state index in [1.807, 2.05) is 13.8 Å². The van der Waals surface area contributed by atoms with Gasteiger partial charge in [0.2, 0.25) is 5.88 Å². The lowest BCUT2D eigenvalue weighted by Gasteiger charge is -2.18. The summed E-state index contributed by atoms with van der Waals surface area (Å²) in [5, 5.41) is 13.5. The SMILES string of the molecule is CC(C)c1cc(Oc2c(Cl)cc(N(C)CC#N)cc2Cl)nn(C)c1=O. The Morgan fingerprint density at radius 2 is 1.92 bits per heavy atom. The molecule has 0 unspecified atom stereocenters. The van der Waals surface area contributed by atoms with Gasteiger partial charge in [-0.3, -0.25) is 4.79 Å². The quantitative estimate of drug-likeness (QED) is 0.733. The average molecular weight is 381 g/mol. The van der Waals surface area contributed by atoms with Crippen molar-refractivity contribution in [2.24, 2.45) is 7.05 Å². The van der Waals surface area contributed by atoms with Gasteiger partial charge >= 0.3 is 0 Å². The molecule has 0 amide bonds. The topological polar surface area (TPSA) is 71.2 Å². The first-order valence-corrected chi connectivity index (χ1v) is 8.33. The number of aryl methyl sites for hydroxylation is 1. The largest absolute Gasteiger partial charge is 0.434 e. The molecule has 0 radical (unpaired) electrons. The highest BCUT2D eigenvalue weighted by molar-refractivity contribution is 6.37. The van der Waals surface area contributed by atoms with E-state index < -0.39 is 0 Å². The van der Waals surface area contributed by atoms with Crippen LogP contribution in [0, 0.1) is 11.3 Å². The number of rotatable bonds is 5. The normalized spacial score (nSPS) is 10.6. The first-order chi connectivity index (χ1) is 11.7. The molecule has 0 atom stereocenters. The van der Waals surface area contributed by atoms with Crippen LogP contribution < -0.4 is 15.2 Å². The zero-order valence-electron chi connectivity index (χ0n) is 14.4. The molecule has 0 aliphatic heterocycles. The fourth-order valence-electron chi connectivity index (χ4n) is 2.23. The number of halogens is 2. The molecule has 6 nitrogen and oxygen atoms in total. The van der Waals surface area contributed by atoms with Crippen LogP contribution in [0.4, 0.5) is 5.69 Å². The lowest BCUT2D eigenvalue weighted by atomic mass is 10.1. The van der Waals surface area contributed by atoms with Crippen molar-refractivity contribution in [3.8, 4) is 17.7 Å². The Kier molecular flexibility index (Phi) is 5.93. The van der Waals surface area contributed by atoms with Gasteiger partial charge in [-0.25, -0.2) is 4.68 Å². The van der Waals surface area contributed by atoms with Crippen LogP contribution in [-0.4, -0.2) is 23.4 Å². The Balaban J connectivity index is 2.42. The van der Waals surface area contributed by atoms with Gasteiger partial charge in [-0.05, 0) is 18.1 Å². The Morgan fingerprint density at radius 3 is 2.44 bits per heavy atom. The Morgan fingerprint density at radius 1 is 1.32 bits per heavy atom. The number of ether oxygens (including phenoxy) is 1. The molecule has 132 valence electrons. The molecule has 1 aromatic heterocycles. The molecule has 0 bridgehead atoms. The van der Waals surface area contributed by atoms with E-state index in [2.05, 4.69) is 11.2 Å². The van der Waals surface area contributed by atoms with Crippen LogP contribution in [0.25, 0.3) is 0 Å². The second kappa shape index (κ2) is 7.77. The van der Waals surface area contributed by atoms with E-state index >= 15 is 0 Å². The molecule has 0 spiro atoms. The van der Waals surface area contributed by atoms with Gasteiger partial charge in [0.15, 0.2) is 5.75 Å². The summed E-state index contributed by atoms with van der Waals surface area (Å²) in [6, 6.07) is 6.96. The highest BCUT2D eigenvalue weighted by Crippen LogP contribution is 2.39. The zero-order valence-corrected chi connectivity index (χ0v) is 15.9. The van der Waals surface area contributed by atoms with E-state index in [1.54, 1.807) is 37.2 Å². The van der Waals surface area contributed by atoms with Crippen molar-refractivity contribution < 1.29 is 4.74 Å². The van der Waals surface area contributed by atoms with E-state index in [0.717, 1.165) is 0 Å². The second-order valence-corrected chi connectivity index (χ2v) is 6.69. The number of nitrogens with zero attached hydrogens (tertiary/aromatic N) is 4. The van der Waals surface area contributed by atoms with Crippen LogP contribution in [0.1, 0.15) is 25.3 Å². The minimum absolute atomic E-state index is 0.0250. The average Bonchev–Trinajstić information content (AvgIpc) is 2.53. The zero-order chi connectivity index (χ0) is 18.7. The van der Waals surface area contributed by atoms with Crippen LogP contribution in [0.2, 0.25) is 10.0 Å². The van der Waals surface area contributed by atoms with Crippen molar-refractivity contribution in [1.82, 2.24) is 9.78 Å². The summed E-state index contributed by atoms with van der Waals surface area (Å²) in [4.78, 5) is 13.8. The number of anilines is 1. The number of nitriles is 1. The van der Waals surface area contributed by atoms with Gasteiger partial charge < -0.3 is 9.64 Å². The highest BCUT2D eigenvalue weighted by Gasteiger charge is 2.16. The summed E-state index contributed by atoms with van der Waals surface area (Å²) < 4.78 is 6.97. The summed E-state index contributed by atoms with van der Waals surface area (Å²) in [6.45, 7) is 4.04. The number of benzene rings is 1. The Bertz CT molecular complexity index is 864. The maximum atomic E-state index is 12.1. The minimum atomic E-state index is -0.173. The predicted octanol–water partition coefficient (Wildman–Crippen LogP) is 3.96. The minimum Gasteiger partial charge on any atom is -0.434 e. The molecule has 8 heteroatoms. The van der Waals surface area contributed by atoms with Crippen LogP contribution >= 0.6 is 23.2 Å². The molecule has 1 aromatic carbocycles. The molecule has 25 heavy (non-hydrogen) atoms. The predicted molar refractivity (Wildman–Crippen MR) is 99.0 cm³/mol. The molecule has 2 rings (SSSR count). The molecule has 2 aromatic rings. The second-order valence-electron chi connectivity index (χ2n) is 5.88. The van der Waals surface area contributed by atoms with Crippen LogP contribution in [-0.2, 0) is 7.05 Å². The van der Waals surface area contributed by atoms with Crippen molar-refractivity contribution in [2.45, 2.75) is 19.8 Å². The standard InChI is InChI=1S/C17H18Cl2N4O2/c1-10(2)12-9-15(21-23(4)17(12)24)25-16-13(18)7-11(8-14(16)19)22(3)6-5-20/h7-10H,6H2,1-4H3. The Hall–Kier alpha value is -2.23. The first kappa shape index (κ1) is 19.1. The molecular formula is C17H18Cl2N4O2. The lowest BCUT2D eigenvalue weighted by Crippen LogP contribution is -2.24. The van der Waals surface area contributed by atoms with Crippen molar-refractivity contribution in [3.63, 3.8) is 0 Å². The van der Waals surface area contributed by atoms with Crippen LogP contribution in [0.15, 0.2) is 23.0 Å². The van der Waals surface area contributed by atoms with Gasteiger partial charge in [0.25, 0.3) is 5.56 Å². The maximum absolute atomic E-state index is 12.1. The fourth-order valence-corrected chi connectivity index (χ4v) is 2.79. The molecule has 0 saturated heterocycles. The molecule has 0 aliphatic rings. The van der Waals surface area contributed by atoms with Gasteiger partial charge in [0, 0.05) is 31.4 Å². The van der Waals surface area contributed by atoms with Gasteiger partial charge in [-0.1, -0.05) is 37.0 Å². The van der Waals surface area contributed by atoms with E-state index in [0.29, 0.717) is 11.3 Å². The smallest absolute Gasteiger partial charge is 0.270 e. The van der Waals surface area contributed by atoms with Gasteiger partial charge in [-0.15, -0.1) is 5.10 Å². The molecule has 0 N–H and O–H groups in total. The van der Waals surface area contributed by atoms with Gasteiger partial charge in [0.1, 0.15) is 6.54 Å². The molecule has 0 saturated carbocycles. The monoisotopic (exact) mass is 380 g/mol. The van der Waals surface area contributed by atoms with Gasteiger partial charge in [-0.2, -0.15) is 5.26 Å². The fraction of sp³-hybridized carbons (Fsp3) is 0.353. The van der Waals surface area contributed by atoms with E-state index in [9.17, 15) is 4.79 Å². The van der Waals surface area contributed by atoms with E-state index in [-0.39, 0.29) is 39.7 Å². The summed E-state index contributed by atoms with van der Waals surface area (Å²) in [5.74, 6) is 0.503. The van der Waals surface area contributed by atoms with Crippen molar-refractivity contribution >= 4 is 28.9 Å². The van der Waals surface area contributed by atoms with Crippen molar-refractivity contribution in [1.29, 1.82) is 5.26 Å². The molecule has 1 heterocycles. The van der Waals surface area contributed by atoms with E-state index in [4.69, 9.17) is 33.2 Å². The third-order valence-electron chi connectivity index (χ3n) is 3.63. The number of hydrogen-bond donors (Lipinski definition) is 0. The third-order valence-corrected chi connectivity index (χ3v) is 4.19. The van der Waals surface area contributed by atoms with Crippen molar-refractivity contribution in [3.05, 3.63) is 44.2 Å². The maximum Gasteiger partial charge on any atom is 0.270 e. The third kappa shape index (κ3) is 4.25. The summed E-state index contributed by atoms with van der Waals surface area (Å²) in [6.07, 6.45) is 0. The number of hydrogen-bond acceptors (Lipinski definition) is 5. The van der Waals surface area contributed by atoms with Crippen LogP contribution in [0.3, 0.4) is 0 Å². The lowest BCUT2D eigenvalue weighted by molar-refractivity contribution is 0.437. The first-order valence-electron chi connectivity index (χ1n) is 7.57. The van der Waals surface area contributed by atoms with Crippen molar-refractivity contribution in [2.75, 3.05) is 18.5 Å². The summed E-state index contributed by atoms with van der Waals surface area (Å²) in [5.41, 5.74) is 1.11. The van der Waals surface area contributed by atoms with Gasteiger partial charge in [0.05, 0.1) is 16.1 Å². The van der Waals surface area contributed by atoms with Crippen LogP contribution in [0.5, 0.6) is 11.6 Å². The molecular weight excluding hydrogens is 363 g/mol. The summed E-state index contributed by atoms with van der Waals surface area (Å²) >= 11 is 12.6. The highest BCUT2D eigenvalue weighted by atomic mass is 35.5.